The largest absolute Gasteiger partial charge is 0.399 e. The highest BCUT2D eigenvalue weighted by atomic mass is 19.1. The zero-order valence-electron chi connectivity index (χ0n) is 10.8. The van der Waals surface area contributed by atoms with Gasteiger partial charge in [-0.15, -0.1) is 0 Å². The number of benzene rings is 1. The number of carbonyl (C=O) groups excluding carboxylic acids is 1. The van der Waals surface area contributed by atoms with Crippen LogP contribution in [-0.2, 0) is 0 Å². The molecule has 0 spiro atoms. The maximum absolute atomic E-state index is 13.3. The fraction of sp³-hybridized carbons (Fsp3) is 0.500. The second-order valence-corrected chi connectivity index (χ2v) is 5.11. The lowest BCUT2D eigenvalue weighted by Gasteiger charge is -2.39. The molecule has 0 aliphatic carbocycles. The van der Waals surface area contributed by atoms with Crippen LogP contribution < -0.4 is 5.73 Å². The lowest BCUT2D eigenvalue weighted by Crippen LogP contribution is -2.47. The number of rotatable bonds is 1. The summed E-state index contributed by atoms with van der Waals surface area (Å²) in [7, 11) is 0. The minimum Gasteiger partial charge on any atom is -0.399 e. The average Bonchev–Trinajstić information content (AvgIpc) is 2.27. The van der Waals surface area contributed by atoms with Crippen molar-refractivity contribution in [2.24, 2.45) is 0 Å². The van der Waals surface area contributed by atoms with Crippen molar-refractivity contribution in [3.8, 4) is 0 Å². The minimum atomic E-state index is -0.462. The maximum Gasteiger partial charge on any atom is 0.254 e. The van der Waals surface area contributed by atoms with Gasteiger partial charge in [0.25, 0.3) is 5.91 Å². The van der Waals surface area contributed by atoms with Crippen molar-refractivity contribution in [1.82, 2.24) is 4.90 Å². The number of halogens is 1. The molecule has 3 nitrogen and oxygen atoms in total. The van der Waals surface area contributed by atoms with Crippen LogP contribution in [0.1, 0.15) is 43.5 Å². The van der Waals surface area contributed by atoms with E-state index in [-0.39, 0.29) is 23.7 Å². The van der Waals surface area contributed by atoms with Crippen molar-refractivity contribution in [3.05, 3.63) is 29.6 Å². The molecule has 1 aromatic carbocycles. The molecule has 1 heterocycles. The number of anilines is 1. The molecule has 0 unspecified atom stereocenters. The van der Waals surface area contributed by atoms with Crippen LogP contribution in [0.15, 0.2) is 18.2 Å². The summed E-state index contributed by atoms with van der Waals surface area (Å²) in [4.78, 5) is 14.3. The quantitative estimate of drug-likeness (QED) is 0.779. The van der Waals surface area contributed by atoms with Crippen LogP contribution in [0.4, 0.5) is 10.1 Å². The molecule has 98 valence electrons. The molecule has 4 heteroatoms. The van der Waals surface area contributed by atoms with E-state index < -0.39 is 5.82 Å². The first kappa shape index (κ1) is 12.9. The van der Waals surface area contributed by atoms with Gasteiger partial charge >= 0.3 is 0 Å². The number of hydrogen-bond acceptors (Lipinski definition) is 2. The second kappa shape index (κ2) is 4.96. The molecule has 0 saturated carbocycles. The number of nitrogens with two attached hydrogens (primary N) is 1. The second-order valence-electron chi connectivity index (χ2n) is 5.11. The van der Waals surface area contributed by atoms with Crippen molar-refractivity contribution in [1.29, 1.82) is 0 Å². The van der Waals surface area contributed by atoms with E-state index >= 15 is 0 Å². The third-order valence-electron chi connectivity index (χ3n) is 3.60. The Bertz CT molecular complexity index is 431. The first-order valence-electron chi connectivity index (χ1n) is 6.38. The number of nitrogen functional groups attached to an aromatic ring is 1. The summed E-state index contributed by atoms with van der Waals surface area (Å²) in [5.74, 6) is -0.587. The van der Waals surface area contributed by atoms with Crippen molar-refractivity contribution in [3.63, 3.8) is 0 Å². The molecule has 1 aliphatic heterocycles. The van der Waals surface area contributed by atoms with E-state index in [0.29, 0.717) is 5.56 Å². The van der Waals surface area contributed by atoms with Crippen LogP contribution in [-0.4, -0.2) is 22.9 Å². The van der Waals surface area contributed by atoms with Gasteiger partial charge in [-0.05, 0) is 51.3 Å². The molecule has 1 saturated heterocycles. The van der Waals surface area contributed by atoms with Crippen molar-refractivity contribution >= 4 is 11.6 Å². The van der Waals surface area contributed by atoms with Crippen LogP contribution in [0.5, 0.6) is 0 Å². The van der Waals surface area contributed by atoms with E-state index in [4.69, 9.17) is 5.73 Å². The van der Waals surface area contributed by atoms with Gasteiger partial charge < -0.3 is 10.6 Å². The minimum absolute atomic E-state index is 0.124. The number of carbonyl (C=O) groups is 1. The Balaban J connectivity index is 2.29. The fourth-order valence-corrected chi connectivity index (χ4v) is 2.71. The molecule has 2 rings (SSSR count). The Labute approximate surface area is 107 Å². The molecule has 2 N–H and O–H groups in total. The molecule has 0 bridgehead atoms. The average molecular weight is 250 g/mol. The molecule has 18 heavy (non-hydrogen) atoms. The molecule has 1 amide bonds. The summed E-state index contributed by atoms with van der Waals surface area (Å²) < 4.78 is 13.3. The Morgan fingerprint density at radius 3 is 2.44 bits per heavy atom. The number of amides is 1. The lowest BCUT2D eigenvalue weighted by molar-refractivity contribution is 0.0510. The van der Waals surface area contributed by atoms with Gasteiger partial charge in [0, 0.05) is 23.3 Å². The van der Waals surface area contributed by atoms with E-state index in [2.05, 4.69) is 0 Å². The van der Waals surface area contributed by atoms with Gasteiger partial charge in [-0.25, -0.2) is 4.39 Å². The maximum atomic E-state index is 13.3. The van der Waals surface area contributed by atoms with Gasteiger partial charge in [0.2, 0.25) is 0 Å². The molecule has 0 radical (unpaired) electrons. The van der Waals surface area contributed by atoms with E-state index in [1.807, 2.05) is 18.7 Å². The highest BCUT2D eigenvalue weighted by molar-refractivity contribution is 5.95. The standard InChI is InChI=1S/C14H19FN2O/c1-9-4-3-5-10(2)17(9)14(18)11-6-12(15)8-13(16)7-11/h6-10H,3-5,16H2,1-2H3/t9-,10+. The lowest BCUT2D eigenvalue weighted by atomic mass is 9.96. The van der Waals surface area contributed by atoms with Gasteiger partial charge in [0.1, 0.15) is 5.82 Å². The summed E-state index contributed by atoms with van der Waals surface area (Å²) in [6.07, 6.45) is 3.14. The summed E-state index contributed by atoms with van der Waals surface area (Å²) in [6.45, 7) is 4.08. The first-order valence-corrected chi connectivity index (χ1v) is 6.38. The van der Waals surface area contributed by atoms with Gasteiger partial charge in [-0.2, -0.15) is 0 Å². The molecule has 1 aliphatic rings. The normalized spacial score (nSPS) is 24.1. The fourth-order valence-electron chi connectivity index (χ4n) is 2.71. The Kier molecular flexibility index (Phi) is 3.55. The van der Waals surface area contributed by atoms with E-state index in [1.165, 1.54) is 12.1 Å². The Hall–Kier alpha value is -1.58. The Morgan fingerprint density at radius 2 is 1.89 bits per heavy atom. The zero-order valence-corrected chi connectivity index (χ0v) is 10.8. The van der Waals surface area contributed by atoms with Gasteiger partial charge in [0.15, 0.2) is 0 Å². The molecule has 2 atom stereocenters. The molecular weight excluding hydrogens is 231 g/mol. The van der Waals surface area contributed by atoms with Gasteiger partial charge in [-0.1, -0.05) is 0 Å². The van der Waals surface area contributed by atoms with Crippen LogP contribution >= 0.6 is 0 Å². The van der Waals surface area contributed by atoms with Crippen molar-refractivity contribution in [2.75, 3.05) is 5.73 Å². The van der Waals surface area contributed by atoms with E-state index in [1.54, 1.807) is 6.07 Å². The predicted octanol–water partition coefficient (Wildman–Crippen LogP) is 2.81. The van der Waals surface area contributed by atoms with Gasteiger partial charge in [-0.3, -0.25) is 4.79 Å². The number of piperidine rings is 1. The van der Waals surface area contributed by atoms with E-state index in [9.17, 15) is 9.18 Å². The van der Waals surface area contributed by atoms with Crippen molar-refractivity contribution < 1.29 is 9.18 Å². The summed E-state index contributed by atoms with van der Waals surface area (Å²) in [5.41, 5.74) is 6.21. The summed E-state index contributed by atoms with van der Waals surface area (Å²) in [5, 5.41) is 0. The van der Waals surface area contributed by atoms with Crippen LogP contribution in [0.2, 0.25) is 0 Å². The van der Waals surface area contributed by atoms with Crippen LogP contribution in [0, 0.1) is 5.82 Å². The third kappa shape index (κ3) is 2.47. The van der Waals surface area contributed by atoms with E-state index in [0.717, 1.165) is 19.3 Å². The monoisotopic (exact) mass is 250 g/mol. The Morgan fingerprint density at radius 1 is 1.28 bits per heavy atom. The van der Waals surface area contributed by atoms with Crippen LogP contribution in [0.25, 0.3) is 0 Å². The predicted molar refractivity (Wildman–Crippen MR) is 69.8 cm³/mol. The topological polar surface area (TPSA) is 46.3 Å². The third-order valence-corrected chi connectivity index (χ3v) is 3.60. The summed E-state index contributed by atoms with van der Waals surface area (Å²) >= 11 is 0. The molecule has 0 aromatic heterocycles. The van der Waals surface area contributed by atoms with Gasteiger partial charge in [0.05, 0.1) is 0 Å². The number of likely N-dealkylation sites (tertiary alicyclic amines) is 1. The highest BCUT2D eigenvalue weighted by Crippen LogP contribution is 2.25. The molecule has 1 aromatic rings. The smallest absolute Gasteiger partial charge is 0.254 e. The molecular formula is C14H19FN2O. The first-order chi connectivity index (χ1) is 8.49. The van der Waals surface area contributed by atoms with Crippen LogP contribution in [0.3, 0.4) is 0 Å². The molecule has 1 fully saturated rings. The SMILES string of the molecule is C[C@@H]1CCC[C@H](C)N1C(=O)c1cc(N)cc(F)c1. The highest BCUT2D eigenvalue weighted by Gasteiger charge is 2.29. The number of nitrogens with zero attached hydrogens (tertiary/aromatic N) is 1. The number of hydrogen-bond donors (Lipinski definition) is 1. The van der Waals surface area contributed by atoms with Crippen molar-refractivity contribution in [2.45, 2.75) is 45.2 Å². The summed E-state index contributed by atoms with van der Waals surface area (Å²) in [6, 6.07) is 4.42. The zero-order chi connectivity index (χ0) is 13.3.